The van der Waals surface area contributed by atoms with E-state index in [1.54, 1.807) is 0 Å². The van der Waals surface area contributed by atoms with Crippen LogP contribution in [-0.4, -0.2) is 29.4 Å². The van der Waals surface area contributed by atoms with Crippen LogP contribution in [0.5, 0.6) is 0 Å². The first kappa shape index (κ1) is 14.2. The van der Waals surface area contributed by atoms with Gasteiger partial charge in [0, 0.05) is 25.0 Å². The van der Waals surface area contributed by atoms with Crippen LogP contribution in [0.3, 0.4) is 0 Å². The summed E-state index contributed by atoms with van der Waals surface area (Å²) in [5.74, 6) is 0.502. The number of hydrogen-bond donors (Lipinski definition) is 1. The number of alkyl halides is 1. The maximum absolute atomic E-state index is 12.2. The summed E-state index contributed by atoms with van der Waals surface area (Å²) in [6.07, 6.45) is 0.968. The van der Waals surface area contributed by atoms with Crippen molar-refractivity contribution in [2.24, 2.45) is 5.41 Å². The monoisotopic (exact) mass is 280 g/mol. The van der Waals surface area contributed by atoms with Crippen molar-refractivity contribution in [3.63, 3.8) is 0 Å². The second-order valence-electron chi connectivity index (χ2n) is 5.95. The van der Waals surface area contributed by atoms with Crippen LogP contribution in [-0.2, 0) is 6.54 Å². The van der Waals surface area contributed by atoms with Crippen LogP contribution in [0.2, 0.25) is 0 Å². The summed E-state index contributed by atoms with van der Waals surface area (Å²) in [6, 6.07) is 10.1. The van der Waals surface area contributed by atoms with E-state index in [4.69, 9.17) is 11.6 Å². The Hall–Kier alpha value is -1.22. The van der Waals surface area contributed by atoms with Gasteiger partial charge in [0.2, 0.25) is 0 Å². The van der Waals surface area contributed by atoms with E-state index in [-0.39, 0.29) is 17.5 Å². The maximum atomic E-state index is 12.2. The molecule has 1 saturated heterocycles. The van der Waals surface area contributed by atoms with E-state index in [9.17, 15) is 4.79 Å². The number of carbonyl (C=O) groups excluding carboxylic acids is 1. The molecule has 104 valence electrons. The summed E-state index contributed by atoms with van der Waals surface area (Å²) < 4.78 is 0. The number of nitrogens with zero attached hydrogens (tertiary/aromatic N) is 1. The smallest absolute Gasteiger partial charge is 0.317 e. The van der Waals surface area contributed by atoms with Crippen LogP contribution in [0.15, 0.2) is 30.3 Å². The van der Waals surface area contributed by atoms with Gasteiger partial charge in [0.1, 0.15) is 0 Å². The van der Waals surface area contributed by atoms with Crippen molar-refractivity contribution >= 4 is 17.6 Å². The fraction of sp³-hybridized carbons (Fsp3) is 0.533. The molecule has 0 aromatic heterocycles. The zero-order valence-corrected chi connectivity index (χ0v) is 12.3. The normalized spacial score (nSPS) is 21.4. The van der Waals surface area contributed by atoms with E-state index in [0.29, 0.717) is 12.4 Å². The van der Waals surface area contributed by atoms with Gasteiger partial charge in [-0.15, -0.1) is 11.6 Å². The quantitative estimate of drug-likeness (QED) is 0.847. The highest BCUT2D eigenvalue weighted by Gasteiger charge is 2.39. The Morgan fingerprint density at radius 1 is 1.42 bits per heavy atom. The lowest BCUT2D eigenvalue weighted by atomic mass is 9.91. The second kappa shape index (κ2) is 5.83. The molecule has 0 bridgehead atoms. The molecule has 1 fully saturated rings. The lowest BCUT2D eigenvalue weighted by molar-refractivity contribution is 0.192. The van der Waals surface area contributed by atoms with Crippen molar-refractivity contribution in [1.29, 1.82) is 0 Å². The van der Waals surface area contributed by atoms with Gasteiger partial charge < -0.3 is 10.2 Å². The SMILES string of the molecule is CC1(C)CC(CCl)N(C(=O)NCc2ccccc2)C1. The minimum Gasteiger partial charge on any atom is -0.334 e. The van der Waals surface area contributed by atoms with E-state index in [1.807, 2.05) is 35.2 Å². The highest BCUT2D eigenvalue weighted by molar-refractivity contribution is 6.18. The molecule has 3 nitrogen and oxygen atoms in total. The van der Waals surface area contributed by atoms with Crippen LogP contribution < -0.4 is 5.32 Å². The Labute approximate surface area is 119 Å². The van der Waals surface area contributed by atoms with Gasteiger partial charge in [-0.3, -0.25) is 0 Å². The number of urea groups is 1. The predicted molar refractivity (Wildman–Crippen MR) is 78.3 cm³/mol. The molecule has 1 heterocycles. The zero-order chi connectivity index (χ0) is 13.9. The second-order valence-corrected chi connectivity index (χ2v) is 6.26. The molecule has 0 spiro atoms. The van der Waals surface area contributed by atoms with Crippen molar-refractivity contribution in [2.75, 3.05) is 12.4 Å². The third kappa shape index (κ3) is 3.63. The topological polar surface area (TPSA) is 32.3 Å². The van der Waals surface area contributed by atoms with E-state index in [0.717, 1.165) is 18.5 Å². The Morgan fingerprint density at radius 2 is 2.11 bits per heavy atom. The number of hydrogen-bond acceptors (Lipinski definition) is 1. The van der Waals surface area contributed by atoms with Gasteiger partial charge >= 0.3 is 6.03 Å². The summed E-state index contributed by atoms with van der Waals surface area (Å²) >= 11 is 5.97. The molecular formula is C15H21ClN2O. The standard InChI is InChI=1S/C15H21ClN2O/c1-15(2)8-13(9-16)18(11-15)14(19)17-10-12-6-4-3-5-7-12/h3-7,13H,8-11H2,1-2H3,(H,17,19). The third-order valence-electron chi connectivity index (χ3n) is 3.55. The van der Waals surface area contributed by atoms with Gasteiger partial charge in [-0.25, -0.2) is 4.79 Å². The fourth-order valence-corrected chi connectivity index (χ4v) is 2.93. The van der Waals surface area contributed by atoms with Crippen LogP contribution in [0, 0.1) is 5.41 Å². The molecule has 1 aliphatic rings. The molecule has 1 aromatic rings. The molecule has 1 atom stereocenters. The molecule has 19 heavy (non-hydrogen) atoms. The maximum Gasteiger partial charge on any atom is 0.317 e. The third-order valence-corrected chi connectivity index (χ3v) is 3.91. The minimum absolute atomic E-state index is 0.0138. The largest absolute Gasteiger partial charge is 0.334 e. The number of benzene rings is 1. The fourth-order valence-electron chi connectivity index (χ4n) is 2.65. The van der Waals surface area contributed by atoms with Gasteiger partial charge in [-0.05, 0) is 17.4 Å². The van der Waals surface area contributed by atoms with Crippen LogP contribution in [0.1, 0.15) is 25.8 Å². The number of halogens is 1. The van der Waals surface area contributed by atoms with Crippen LogP contribution in [0.25, 0.3) is 0 Å². The van der Waals surface area contributed by atoms with Crippen molar-refractivity contribution < 1.29 is 4.79 Å². The van der Waals surface area contributed by atoms with Crippen molar-refractivity contribution in [2.45, 2.75) is 32.9 Å². The van der Waals surface area contributed by atoms with E-state index >= 15 is 0 Å². The average Bonchev–Trinajstić information content (AvgIpc) is 2.72. The van der Waals surface area contributed by atoms with E-state index < -0.39 is 0 Å². The minimum atomic E-state index is -0.0138. The first-order valence-corrected chi connectivity index (χ1v) is 7.20. The molecule has 0 saturated carbocycles. The van der Waals surface area contributed by atoms with Gasteiger partial charge in [0.25, 0.3) is 0 Å². The average molecular weight is 281 g/mol. The highest BCUT2D eigenvalue weighted by Crippen LogP contribution is 2.34. The first-order chi connectivity index (χ1) is 9.02. The summed E-state index contributed by atoms with van der Waals surface area (Å²) in [4.78, 5) is 14.1. The number of rotatable bonds is 3. The Morgan fingerprint density at radius 3 is 2.74 bits per heavy atom. The van der Waals surface area contributed by atoms with Crippen LogP contribution >= 0.6 is 11.6 Å². The molecule has 1 aliphatic heterocycles. The Bertz CT molecular complexity index is 433. The molecule has 1 aromatic carbocycles. The summed E-state index contributed by atoms with van der Waals surface area (Å²) in [5, 5.41) is 2.97. The van der Waals surface area contributed by atoms with E-state index in [1.165, 1.54) is 0 Å². The molecule has 1 N–H and O–H groups in total. The molecular weight excluding hydrogens is 260 g/mol. The number of amides is 2. The van der Waals surface area contributed by atoms with Crippen LogP contribution in [0.4, 0.5) is 4.79 Å². The lowest BCUT2D eigenvalue weighted by Crippen LogP contribution is -2.43. The highest BCUT2D eigenvalue weighted by atomic mass is 35.5. The van der Waals surface area contributed by atoms with Crippen molar-refractivity contribution in [3.05, 3.63) is 35.9 Å². The van der Waals surface area contributed by atoms with Gasteiger partial charge in [-0.2, -0.15) is 0 Å². The summed E-state index contributed by atoms with van der Waals surface area (Å²) in [5.41, 5.74) is 1.26. The van der Waals surface area contributed by atoms with Gasteiger partial charge in [0.05, 0.1) is 0 Å². The number of nitrogens with one attached hydrogen (secondary N) is 1. The first-order valence-electron chi connectivity index (χ1n) is 6.66. The molecule has 2 rings (SSSR count). The molecule has 2 amide bonds. The van der Waals surface area contributed by atoms with Crippen molar-refractivity contribution in [1.82, 2.24) is 10.2 Å². The van der Waals surface area contributed by atoms with E-state index in [2.05, 4.69) is 19.2 Å². The van der Waals surface area contributed by atoms with Gasteiger partial charge in [-0.1, -0.05) is 44.2 Å². The zero-order valence-electron chi connectivity index (χ0n) is 11.5. The lowest BCUT2D eigenvalue weighted by Gasteiger charge is -2.23. The molecule has 1 unspecified atom stereocenters. The molecule has 4 heteroatoms. The summed E-state index contributed by atoms with van der Waals surface area (Å²) in [6.45, 7) is 5.69. The summed E-state index contributed by atoms with van der Waals surface area (Å²) in [7, 11) is 0. The predicted octanol–water partition coefficient (Wildman–Crippen LogP) is 3.24. The van der Waals surface area contributed by atoms with Crippen molar-refractivity contribution in [3.8, 4) is 0 Å². The number of likely N-dealkylation sites (tertiary alicyclic amines) is 1. The Kier molecular flexibility index (Phi) is 4.35. The van der Waals surface area contributed by atoms with Gasteiger partial charge in [0.15, 0.2) is 0 Å². The Balaban J connectivity index is 1.93. The molecule has 0 radical (unpaired) electrons. The number of carbonyl (C=O) groups is 1. The molecule has 0 aliphatic carbocycles.